The molecular weight excluding hydrogens is 206 g/mol. The highest BCUT2D eigenvalue weighted by Crippen LogP contribution is 2.40. The van der Waals surface area contributed by atoms with Gasteiger partial charge in [-0.1, -0.05) is 31.0 Å². The summed E-state index contributed by atoms with van der Waals surface area (Å²) in [5.74, 6) is 0. The largest absolute Gasteiger partial charge is 0.330 e. The van der Waals surface area contributed by atoms with Gasteiger partial charge in [0.25, 0.3) is 0 Å². The van der Waals surface area contributed by atoms with E-state index in [0.717, 1.165) is 6.54 Å². The maximum Gasteiger partial charge on any atom is -0.00173 e. The summed E-state index contributed by atoms with van der Waals surface area (Å²) in [6, 6.07) is 7.16. The Bertz CT molecular complexity index is 402. The van der Waals surface area contributed by atoms with Crippen LogP contribution in [0, 0.1) is 5.41 Å². The molecular formula is C16H23N. The van der Waals surface area contributed by atoms with E-state index in [4.69, 9.17) is 5.73 Å². The van der Waals surface area contributed by atoms with Gasteiger partial charge in [0, 0.05) is 0 Å². The first kappa shape index (κ1) is 11.3. The number of nitrogens with two attached hydrogens (primary N) is 1. The first-order chi connectivity index (χ1) is 8.31. The van der Waals surface area contributed by atoms with Crippen LogP contribution < -0.4 is 5.73 Å². The van der Waals surface area contributed by atoms with E-state index in [1.165, 1.54) is 56.9 Å². The molecule has 3 rings (SSSR count). The highest BCUT2D eigenvalue weighted by atomic mass is 14.6. The minimum Gasteiger partial charge on any atom is -0.330 e. The highest BCUT2D eigenvalue weighted by molar-refractivity contribution is 5.35. The van der Waals surface area contributed by atoms with Crippen LogP contribution in [0.4, 0.5) is 0 Å². The maximum absolute atomic E-state index is 6.03. The van der Waals surface area contributed by atoms with E-state index in [1.807, 2.05) is 0 Å². The van der Waals surface area contributed by atoms with E-state index in [0.29, 0.717) is 5.41 Å². The number of hydrogen-bond donors (Lipinski definition) is 1. The normalized spacial score (nSPS) is 21.7. The lowest BCUT2D eigenvalue weighted by Crippen LogP contribution is -2.29. The number of fused-ring (bicyclic) bond motifs is 1. The molecule has 0 heterocycles. The summed E-state index contributed by atoms with van der Waals surface area (Å²) in [4.78, 5) is 0. The third-order valence-electron chi connectivity index (χ3n) is 4.84. The summed E-state index contributed by atoms with van der Waals surface area (Å²) < 4.78 is 0. The molecule has 0 aliphatic heterocycles. The molecule has 1 aromatic rings. The Morgan fingerprint density at radius 2 is 1.76 bits per heavy atom. The van der Waals surface area contributed by atoms with Crippen molar-refractivity contribution in [3.05, 3.63) is 34.9 Å². The first-order valence-corrected chi connectivity index (χ1v) is 7.12. The van der Waals surface area contributed by atoms with Gasteiger partial charge in [-0.2, -0.15) is 0 Å². The van der Waals surface area contributed by atoms with Gasteiger partial charge in [0.1, 0.15) is 0 Å². The second-order valence-electron chi connectivity index (χ2n) is 6.04. The first-order valence-electron chi connectivity index (χ1n) is 7.12. The molecule has 17 heavy (non-hydrogen) atoms. The van der Waals surface area contributed by atoms with Crippen molar-refractivity contribution in [3.8, 4) is 0 Å². The van der Waals surface area contributed by atoms with Crippen LogP contribution in [0.5, 0.6) is 0 Å². The molecule has 2 N–H and O–H groups in total. The quantitative estimate of drug-likeness (QED) is 0.846. The molecule has 1 nitrogen and oxygen atoms in total. The third kappa shape index (κ3) is 2.13. The molecule has 0 amide bonds. The van der Waals surface area contributed by atoms with Crippen LogP contribution in [0.1, 0.15) is 48.8 Å². The van der Waals surface area contributed by atoms with E-state index >= 15 is 0 Å². The number of rotatable bonds is 3. The van der Waals surface area contributed by atoms with Crippen molar-refractivity contribution in [2.24, 2.45) is 11.1 Å². The van der Waals surface area contributed by atoms with Crippen LogP contribution in [0.15, 0.2) is 18.2 Å². The minimum absolute atomic E-state index is 0.423. The SMILES string of the molecule is NCC1(Cc2ccc3c(c2)CCC3)CCCC1. The van der Waals surface area contributed by atoms with Gasteiger partial charge in [-0.3, -0.25) is 0 Å². The standard InChI is InChI=1S/C16H23N/c17-12-16(8-1-2-9-16)11-13-6-7-14-4-3-5-15(14)10-13/h6-7,10H,1-5,8-9,11-12,17H2. The second-order valence-corrected chi connectivity index (χ2v) is 6.04. The maximum atomic E-state index is 6.03. The van der Waals surface area contributed by atoms with Gasteiger partial charge in [-0.25, -0.2) is 0 Å². The zero-order valence-electron chi connectivity index (χ0n) is 10.7. The van der Waals surface area contributed by atoms with Gasteiger partial charge < -0.3 is 5.73 Å². The predicted octanol–water partition coefficient (Wildman–Crippen LogP) is 3.24. The van der Waals surface area contributed by atoms with E-state index in [9.17, 15) is 0 Å². The number of aryl methyl sites for hydroxylation is 2. The smallest absolute Gasteiger partial charge is 0.00173 e. The Morgan fingerprint density at radius 3 is 2.53 bits per heavy atom. The lowest BCUT2D eigenvalue weighted by atomic mass is 9.80. The third-order valence-corrected chi connectivity index (χ3v) is 4.84. The summed E-state index contributed by atoms with van der Waals surface area (Å²) in [5, 5.41) is 0. The fraction of sp³-hybridized carbons (Fsp3) is 0.625. The van der Waals surface area contributed by atoms with Crippen molar-refractivity contribution in [1.29, 1.82) is 0 Å². The van der Waals surface area contributed by atoms with Gasteiger partial charge in [0.2, 0.25) is 0 Å². The van der Waals surface area contributed by atoms with Crippen molar-refractivity contribution in [2.45, 2.75) is 51.4 Å². The molecule has 2 aliphatic rings. The zero-order chi connectivity index (χ0) is 11.7. The molecule has 1 saturated carbocycles. The molecule has 92 valence electrons. The molecule has 1 aromatic carbocycles. The Kier molecular flexibility index (Phi) is 2.96. The van der Waals surface area contributed by atoms with Gasteiger partial charge in [0.05, 0.1) is 0 Å². The van der Waals surface area contributed by atoms with E-state index in [2.05, 4.69) is 18.2 Å². The van der Waals surface area contributed by atoms with Gasteiger partial charge in [-0.15, -0.1) is 0 Å². The van der Waals surface area contributed by atoms with Gasteiger partial charge in [-0.05, 0) is 67.2 Å². The van der Waals surface area contributed by atoms with Crippen molar-refractivity contribution in [3.63, 3.8) is 0 Å². The van der Waals surface area contributed by atoms with E-state index in [1.54, 1.807) is 11.1 Å². The summed E-state index contributed by atoms with van der Waals surface area (Å²) in [5.41, 5.74) is 11.2. The molecule has 0 saturated heterocycles. The summed E-state index contributed by atoms with van der Waals surface area (Å²) in [6.07, 6.45) is 10.6. The van der Waals surface area contributed by atoms with Gasteiger partial charge in [0.15, 0.2) is 0 Å². The molecule has 0 radical (unpaired) electrons. The van der Waals surface area contributed by atoms with Gasteiger partial charge >= 0.3 is 0 Å². The molecule has 0 aromatic heterocycles. The molecule has 0 bridgehead atoms. The number of benzene rings is 1. The lowest BCUT2D eigenvalue weighted by molar-refractivity contribution is 0.306. The second kappa shape index (κ2) is 4.45. The van der Waals surface area contributed by atoms with Crippen molar-refractivity contribution >= 4 is 0 Å². The Morgan fingerprint density at radius 1 is 1.00 bits per heavy atom. The lowest BCUT2D eigenvalue weighted by Gasteiger charge is -2.27. The Hall–Kier alpha value is -0.820. The molecule has 2 aliphatic carbocycles. The Balaban J connectivity index is 1.80. The summed E-state index contributed by atoms with van der Waals surface area (Å²) in [6.45, 7) is 0.865. The average molecular weight is 229 g/mol. The van der Waals surface area contributed by atoms with E-state index in [-0.39, 0.29) is 0 Å². The molecule has 0 atom stereocenters. The van der Waals surface area contributed by atoms with Crippen LogP contribution in [0.25, 0.3) is 0 Å². The average Bonchev–Trinajstić information content (AvgIpc) is 2.97. The fourth-order valence-corrected chi connectivity index (χ4v) is 3.75. The molecule has 1 fully saturated rings. The molecule has 0 unspecified atom stereocenters. The molecule has 1 heteroatoms. The van der Waals surface area contributed by atoms with Crippen LogP contribution >= 0.6 is 0 Å². The van der Waals surface area contributed by atoms with Crippen LogP contribution in [-0.4, -0.2) is 6.54 Å². The van der Waals surface area contributed by atoms with E-state index < -0.39 is 0 Å². The van der Waals surface area contributed by atoms with Crippen molar-refractivity contribution < 1.29 is 0 Å². The zero-order valence-corrected chi connectivity index (χ0v) is 10.7. The topological polar surface area (TPSA) is 26.0 Å². The summed E-state index contributed by atoms with van der Waals surface area (Å²) >= 11 is 0. The monoisotopic (exact) mass is 229 g/mol. The van der Waals surface area contributed by atoms with Crippen molar-refractivity contribution in [1.82, 2.24) is 0 Å². The Labute approximate surface area is 104 Å². The molecule has 0 spiro atoms. The minimum atomic E-state index is 0.423. The number of hydrogen-bond acceptors (Lipinski definition) is 1. The van der Waals surface area contributed by atoms with Crippen LogP contribution in [-0.2, 0) is 19.3 Å². The summed E-state index contributed by atoms with van der Waals surface area (Å²) in [7, 11) is 0. The van der Waals surface area contributed by atoms with Crippen LogP contribution in [0.2, 0.25) is 0 Å². The predicted molar refractivity (Wildman–Crippen MR) is 72.1 cm³/mol. The fourth-order valence-electron chi connectivity index (χ4n) is 3.75. The highest BCUT2D eigenvalue weighted by Gasteiger charge is 2.32. The van der Waals surface area contributed by atoms with Crippen LogP contribution in [0.3, 0.4) is 0 Å². The van der Waals surface area contributed by atoms with Crippen molar-refractivity contribution in [2.75, 3.05) is 6.54 Å².